The number of carbonyl (C=O) groups is 2. The Morgan fingerprint density at radius 2 is 1.39 bits per heavy atom. The van der Waals surface area contributed by atoms with Gasteiger partial charge in [0.15, 0.2) is 11.5 Å². The van der Waals surface area contributed by atoms with Crippen molar-refractivity contribution in [2.45, 2.75) is 13.8 Å². The molecule has 5 nitrogen and oxygen atoms in total. The first-order valence-electron chi connectivity index (χ1n) is 10.0. The molecule has 0 spiro atoms. The number of rotatable bonds is 7. The average Bonchev–Trinajstić information content (AvgIpc) is 2.79. The average molecular weight is 446 g/mol. The fraction of sp³-hybridized carbons (Fsp3) is 0.111. The van der Waals surface area contributed by atoms with Crippen molar-refractivity contribution in [3.05, 3.63) is 90.8 Å². The van der Waals surface area contributed by atoms with Crippen molar-refractivity contribution in [1.29, 1.82) is 0 Å². The molecule has 0 aromatic heterocycles. The number of hydrogen-bond donors (Lipinski definition) is 0. The first-order chi connectivity index (χ1) is 15.7. The van der Waals surface area contributed by atoms with E-state index in [1.54, 1.807) is 68.4 Å². The molecular weight excluding hydrogens is 423 g/mol. The van der Waals surface area contributed by atoms with Gasteiger partial charge in [0.25, 0.3) is 0 Å². The van der Waals surface area contributed by atoms with Crippen LogP contribution in [-0.2, 0) is 9.59 Å². The van der Waals surface area contributed by atoms with Crippen LogP contribution in [0.4, 0.5) is 4.39 Å². The molecule has 0 aliphatic heterocycles. The van der Waals surface area contributed by atoms with E-state index in [2.05, 4.69) is 13.2 Å². The summed E-state index contributed by atoms with van der Waals surface area (Å²) < 4.78 is 30.9. The van der Waals surface area contributed by atoms with Crippen LogP contribution in [0.2, 0.25) is 0 Å². The van der Waals surface area contributed by atoms with Crippen LogP contribution in [0.3, 0.4) is 0 Å². The van der Waals surface area contributed by atoms with E-state index in [-0.39, 0.29) is 16.9 Å². The maximum Gasteiger partial charge on any atom is 0.338 e. The highest BCUT2D eigenvalue weighted by molar-refractivity contribution is 5.90. The highest BCUT2D eigenvalue weighted by Gasteiger charge is 2.14. The van der Waals surface area contributed by atoms with Crippen LogP contribution in [0.1, 0.15) is 13.8 Å². The molecule has 0 heterocycles. The standard InChI is InChI=1S/C27H23FO5/c1-16(2)26(29)32-21-8-6-7-20(13-21)22-11-9-18(14-23(22)28)19-10-12-24(31-5)25(15-19)33-27(30)17(3)4/h6-15H,1,3H2,2,4-5H3. The highest BCUT2D eigenvalue weighted by atomic mass is 19.1. The molecule has 0 bridgehead atoms. The number of hydrogen-bond acceptors (Lipinski definition) is 5. The minimum Gasteiger partial charge on any atom is -0.493 e. The summed E-state index contributed by atoms with van der Waals surface area (Å²) in [5, 5.41) is 0. The third kappa shape index (κ3) is 5.54. The largest absolute Gasteiger partial charge is 0.493 e. The first-order valence-corrected chi connectivity index (χ1v) is 10.0. The fourth-order valence-corrected chi connectivity index (χ4v) is 2.97. The predicted molar refractivity (Wildman–Crippen MR) is 125 cm³/mol. The highest BCUT2D eigenvalue weighted by Crippen LogP contribution is 2.35. The minimum absolute atomic E-state index is 0.208. The van der Waals surface area contributed by atoms with Gasteiger partial charge in [0, 0.05) is 16.7 Å². The monoisotopic (exact) mass is 446 g/mol. The summed E-state index contributed by atoms with van der Waals surface area (Å²) in [4.78, 5) is 23.7. The van der Waals surface area contributed by atoms with Gasteiger partial charge in [-0.3, -0.25) is 0 Å². The predicted octanol–water partition coefficient (Wildman–Crippen LogP) is 6.13. The molecule has 168 valence electrons. The van der Waals surface area contributed by atoms with Crippen LogP contribution < -0.4 is 14.2 Å². The first kappa shape index (κ1) is 23.5. The van der Waals surface area contributed by atoms with E-state index in [1.807, 2.05) is 0 Å². The topological polar surface area (TPSA) is 61.8 Å². The Labute approximate surface area is 191 Å². The van der Waals surface area contributed by atoms with E-state index in [1.165, 1.54) is 13.2 Å². The number of carbonyl (C=O) groups excluding carboxylic acids is 2. The van der Waals surface area contributed by atoms with Gasteiger partial charge in [-0.25, -0.2) is 14.0 Å². The molecule has 0 atom stereocenters. The minimum atomic E-state index is -0.584. The second-order valence-electron chi connectivity index (χ2n) is 7.43. The van der Waals surface area contributed by atoms with Gasteiger partial charge in [0.2, 0.25) is 0 Å². The molecule has 3 rings (SSSR count). The van der Waals surface area contributed by atoms with E-state index in [9.17, 15) is 9.59 Å². The molecule has 0 aliphatic rings. The van der Waals surface area contributed by atoms with E-state index in [0.717, 1.165) is 0 Å². The molecule has 3 aromatic carbocycles. The Morgan fingerprint density at radius 3 is 2.03 bits per heavy atom. The van der Waals surface area contributed by atoms with Crippen LogP contribution in [0.25, 0.3) is 22.3 Å². The summed E-state index contributed by atoms with van der Waals surface area (Å²) in [6.07, 6.45) is 0. The zero-order chi connectivity index (χ0) is 24.1. The van der Waals surface area contributed by atoms with Gasteiger partial charge in [-0.1, -0.05) is 43.5 Å². The molecule has 0 saturated heterocycles. The van der Waals surface area contributed by atoms with Crippen LogP contribution in [0.5, 0.6) is 17.2 Å². The van der Waals surface area contributed by atoms with Crippen molar-refractivity contribution < 1.29 is 28.2 Å². The van der Waals surface area contributed by atoms with Gasteiger partial charge < -0.3 is 14.2 Å². The number of esters is 2. The molecule has 0 N–H and O–H groups in total. The van der Waals surface area contributed by atoms with E-state index >= 15 is 4.39 Å². The second kappa shape index (κ2) is 9.96. The maximum atomic E-state index is 15.1. The Balaban J connectivity index is 1.93. The van der Waals surface area contributed by atoms with Crippen molar-refractivity contribution >= 4 is 11.9 Å². The van der Waals surface area contributed by atoms with Crippen molar-refractivity contribution in [3.8, 4) is 39.5 Å². The van der Waals surface area contributed by atoms with E-state index in [0.29, 0.717) is 33.8 Å². The van der Waals surface area contributed by atoms with E-state index < -0.39 is 17.8 Å². The fourth-order valence-electron chi connectivity index (χ4n) is 2.97. The zero-order valence-corrected chi connectivity index (χ0v) is 18.6. The van der Waals surface area contributed by atoms with Crippen molar-refractivity contribution in [2.24, 2.45) is 0 Å². The van der Waals surface area contributed by atoms with Gasteiger partial charge in [-0.2, -0.15) is 0 Å². The molecule has 0 fully saturated rings. The van der Waals surface area contributed by atoms with Gasteiger partial charge in [-0.05, 0) is 60.9 Å². The third-order valence-corrected chi connectivity index (χ3v) is 4.72. The van der Waals surface area contributed by atoms with Crippen LogP contribution >= 0.6 is 0 Å². The molecule has 33 heavy (non-hydrogen) atoms. The van der Waals surface area contributed by atoms with Gasteiger partial charge >= 0.3 is 11.9 Å². The van der Waals surface area contributed by atoms with Gasteiger partial charge in [0.1, 0.15) is 11.6 Å². The maximum absolute atomic E-state index is 15.1. The molecule has 0 aliphatic carbocycles. The van der Waals surface area contributed by atoms with Crippen LogP contribution in [0.15, 0.2) is 85.0 Å². The summed E-state index contributed by atoms with van der Waals surface area (Å²) in [6.45, 7) is 10.2. The van der Waals surface area contributed by atoms with Crippen molar-refractivity contribution in [2.75, 3.05) is 7.11 Å². The molecule has 0 amide bonds. The molecule has 3 aromatic rings. The lowest BCUT2D eigenvalue weighted by atomic mass is 9.99. The zero-order valence-electron chi connectivity index (χ0n) is 18.6. The number of ether oxygens (including phenoxy) is 3. The number of halogens is 1. The molecule has 0 saturated carbocycles. The lowest BCUT2D eigenvalue weighted by Gasteiger charge is -2.12. The third-order valence-electron chi connectivity index (χ3n) is 4.72. The van der Waals surface area contributed by atoms with Gasteiger partial charge in [0.05, 0.1) is 7.11 Å². The summed E-state index contributed by atoms with van der Waals surface area (Å²) in [5.74, 6) is -0.730. The van der Waals surface area contributed by atoms with Crippen molar-refractivity contribution in [3.63, 3.8) is 0 Å². The molecule has 0 unspecified atom stereocenters. The molecular formula is C27H23FO5. The van der Waals surface area contributed by atoms with Crippen LogP contribution in [-0.4, -0.2) is 19.0 Å². The number of methoxy groups -OCH3 is 1. The second-order valence-corrected chi connectivity index (χ2v) is 7.43. The normalized spacial score (nSPS) is 10.3. The Kier molecular flexibility index (Phi) is 7.08. The van der Waals surface area contributed by atoms with E-state index in [4.69, 9.17) is 14.2 Å². The summed E-state index contributed by atoms with van der Waals surface area (Å²) in [5.41, 5.74) is 2.62. The lowest BCUT2D eigenvalue weighted by Crippen LogP contribution is -2.09. The van der Waals surface area contributed by atoms with Gasteiger partial charge in [-0.15, -0.1) is 0 Å². The summed E-state index contributed by atoms with van der Waals surface area (Å²) >= 11 is 0. The Bertz CT molecular complexity index is 1260. The Hall–Kier alpha value is -4.19. The molecule has 6 heteroatoms. The smallest absolute Gasteiger partial charge is 0.338 e. The molecule has 0 radical (unpaired) electrons. The quantitative estimate of drug-likeness (QED) is 0.248. The SMILES string of the molecule is C=C(C)C(=O)Oc1cccc(-c2ccc(-c3ccc(OC)c(OC(=O)C(=C)C)c3)cc2F)c1. The lowest BCUT2D eigenvalue weighted by molar-refractivity contribution is -0.131. The summed E-state index contributed by atoms with van der Waals surface area (Å²) in [6, 6.07) is 16.3. The number of benzene rings is 3. The van der Waals surface area contributed by atoms with Crippen molar-refractivity contribution in [1.82, 2.24) is 0 Å². The Morgan fingerprint density at radius 1 is 0.758 bits per heavy atom. The van der Waals surface area contributed by atoms with Crippen LogP contribution in [0, 0.1) is 5.82 Å². The summed E-state index contributed by atoms with van der Waals surface area (Å²) in [7, 11) is 1.46.